The fourth-order valence-corrected chi connectivity index (χ4v) is 7.46. The molecule has 1 heterocycles. The highest BCUT2D eigenvalue weighted by Crippen LogP contribution is 2.24. The summed E-state index contributed by atoms with van der Waals surface area (Å²) in [7, 11) is 0. The third-order valence-electron chi connectivity index (χ3n) is 10.0. The first-order valence-corrected chi connectivity index (χ1v) is 31.7. The highest BCUT2D eigenvalue weighted by molar-refractivity contribution is 7.82. The molecule has 0 aliphatic carbocycles. The number of carbonyl (C=O) groups is 9. The zero-order valence-electron chi connectivity index (χ0n) is 49.5. The number of nitrogens with zero attached hydrogens (tertiary/aromatic N) is 3. The number of carbonyl (C=O) groups excluding carboxylic acids is 9. The molecule has 1 aromatic heterocycles. The van der Waals surface area contributed by atoms with Gasteiger partial charge in [-0.2, -0.15) is 114 Å². The molecule has 0 amide bonds. The highest BCUT2D eigenvalue weighted by atomic mass is 32.1. The van der Waals surface area contributed by atoms with E-state index in [1.54, 1.807) is 48.5 Å². The standard InChI is InChI=1S/C21H36O8S4.C19H29N3O9S3.C12H22O4S2/c1-13(30)5-17(22)26-9-21(10-27-18(23)6-14(2)31,11-28-19(24)7-15(3)32)12-29-20(25)8-16(4)33;1-11(32)8-14(23)29-6-4-20-17(26)21(5-7-30-15(24)9-12(2)33)19(28)22(18(20)27)31-16(25)10-13(3)34;1-9(17)7-11(13)15-5-3-4-6-16-12(14)8-10(2)18/h13-16,30-33H,5-12H2,1-4H3;11-13,32-34H,4-10H2,1-3H3;9-10,17-18H,3-8H2,1-2H3. The molecule has 0 aromatic carbocycles. The van der Waals surface area contributed by atoms with Crippen LogP contribution in [-0.2, 0) is 94.1 Å². The van der Waals surface area contributed by atoms with Crippen molar-refractivity contribution in [3.63, 3.8) is 0 Å². The largest absolute Gasteiger partial charge is 0.466 e. The highest BCUT2D eigenvalue weighted by Gasteiger charge is 2.38. The Labute approximate surface area is 546 Å². The van der Waals surface area contributed by atoms with Crippen LogP contribution in [0.2, 0.25) is 0 Å². The van der Waals surface area contributed by atoms with E-state index >= 15 is 0 Å². The molecule has 1 aromatic rings. The van der Waals surface area contributed by atoms with E-state index in [4.69, 9.17) is 42.7 Å². The summed E-state index contributed by atoms with van der Waals surface area (Å²) in [6, 6.07) is 0. The quantitative estimate of drug-likeness (QED) is 0.0189. The maximum atomic E-state index is 12.8. The predicted octanol–water partition coefficient (Wildman–Crippen LogP) is 4.59. The summed E-state index contributed by atoms with van der Waals surface area (Å²) in [4.78, 5) is 149. The Kier molecular flexibility index (Phi) is 46.2. The lowest BCUT2D eigenvalue weighted by atomic mass is 9.92. The number of thiol groups is 9. The zero-order valence-corrected chi connectivity index (χ0v) is 57.5. The van der Waals surface area contributed by atoms with E-state index in [9.17, 15) is 57.5 Å². The molecule has 0 saturated heterocycles. The molecule has 0 saturated carbocycles. The molecule has 85 heavy (non-hydrogen) atoms. The minimum Gasteiger partial charge on any atom is -0.466 e. The molecule has 9 atom stereocenters. The van der Waals surface area contributed by atoms with Crippen molar-refractivity contribution in [2.45, 2.75) is 193 Å². The summed E-state index contributed by atoms with van der Waals surface area (Å²) in [6.45, 7) is 13.6. The summed E-state index contributed by atoms with van der Waals surface area (Å²) in [5.74, 6) is -4.75. The Morgan fingerprint density at radius 2 is 0.518 bits per heavy atom. The van der Waals surface area contributed by atoms with Gasteiger partial charge in [0.15, 0.2) is 0 Å². The first-order chi connectivity index (χ1) is 39.5. The van der Waals surface area contributed by atoms with E-state index < -0.39 is 82.6 Å². The smallest absolute Gasteiger partial charge is 0.370 e. The lowest BCUT2D eigenvalue weighted by Crippen LogP contribution is -2.57. The second-order valence-electron chi connectivity index (χ2n) is 20.1. The number of unbranched alkanes of at least 4 members (excludes halogenated alkanes) is 1. The van der Waals surface area contributed by atoms with Crippen LogP contribution in [0.3, 0.4) is 0 Å². The van der Waals surface area contributed by atoms with Gasteiger partial charge < -0.3 is 42.7 Å². The van der Waals surface area contributed by atoms with Gasteiger partial charge >= 0.3 is 70.8 Å². The van der Waals surface area contributed by atoms with Crippen LogP contribution in [0.25, 0.3) is 0 Å². The van der Waals surface area contributed by atoms with E-state index in [0.29, 0.717) is 48.0 Å². The van der Waals surface area contributed by atoms with Gasteiger partial charge in [-0.3, -0.25) is 38.4 Å². The molecule has 0 aliphatic rings. The van der Waals surface area contributed by atoms with Gasteiger partial charge in [-0.05, 0) is 12.8 Å². The van der Waals surface area contributed by atoms with Crippen LogP contribution in [0, 0.1) is 5.41 Å². The molecule has 0 N–H and O–H groups in total. The molecule has 0 spiro atoms. The van der Waals surface area contributed by atoms with Gasteiger partial charge in [0.25, 0.3) is 0 Å². The molecule has 24 nitrogen and oxygen atoms in total. The van der Waals surface area contributed by atoms with E-state index in [1.807, 2.05) is 13.8 Å². The second kappa shape index (κ2) is 46.8. The minimum absolute atomic E-state index is 0.0114. The van der Waals surface area contributed by atoms with Crippen LogP contribution >= 0.6 is 114 Å². The number of hydrogen-bond acceptors (Lipinski definition) is 30. The maximum absolute atomic E-state index is 12.8. The first-order valence-electron chi connectivity index (χ1n) is 27.0. The fraction of sp³-hybridized carbons (Fsp3) is 0.769. The second-order valence-corrected chi connectivity index (χ2v) is 28.1. The summed E-state index contributed by atoms with van der Waals surface area (Å²) < 4.78 is 42.6. The topological polar surface area (TPSA) is 303 Å². The van der Waals surface area contributed by atoms with Gasteiger partial charge in [0.2, 0.25) is 0 Å². The number of hydrogen-bond donors (Lipinski definition) is 9. The average Bonchev–Trinajstić information content (AvgIpc) is 1.95. The first kappa shape index (κ1) is 83.9. The number of aromatic nitrogens is 3. The summed E-state index contributed by atoms with van der Waals surface area (Å²) in [6.07, 6.45) is 2.01. The third-order valence-corrected chi connectivity index (χ3v) is 11.6. The predicted molar refractivity (Wildman–Crippen MR) is 348 cm³/mol. The van der Waals surface area contributed by atoms with Gasteiger partial charge in [-0.15, -0.1) is 0 Å². The molecule has 0 bridgehead atoms. The van der Waals surface area contributed by atoms with Crippen LogP contribution in [-0.4, -0.2) is 168 Å². The minimum atomic E-state index is -1.30. The molecular weight excluding hydrogens is 1290 g/mol. The Balaban J connectivity index is 0. The molecule has 33 heteroatoms. The number of esters is 8. The van der Waals surface area contributed by atoms with Gasteiger partial charge in [0.05, 0.1) is 84.1 Å². The molecule has 9 unspecified atom stereocenters. The normalized spacial score (nSPS) is 14.8. The summed E-state index contributed by atoms with van der Waals surface area (Å²) in [5.41, 5.74) is -4.81. The zero-order chi connectivity index (χ0) is 65.6. The molecule has 0 fully saturated rings. The monoisotopic (exact) mass is 1380 g/mol. The van der Waals surface area contributed by atoms with Crippen molar-refractivity contribution < 1.29 is 85.9 Å². The number of ether oxygens (including phenoxy) is 8. The van der Waals surface area contributed by atoms with Gasteiger partial charge in [0, 0.05) is 47.2 Å². The summed E-state index contributed by atoms with van der Waals surface area (Å²) >= 11 is 37.1. The fourth-order valence-electron chi connectivity index (χ4n) is 6.11. The number of rotatable bonds is 38. The van der Waals surface area contributed by atoms with E-state index in [-0.39, 0.29) is 143 Å². The van der Waals surface area contributed by atoms with E-state index in [2.05, 4.69) is 114 Å². The van der Waals surface area contributed by atoms with Crippen LogP contribution in [0.4, 0.5) is 0 Å². The van der Waals surface area contributed by atoms with Gasteiger partial charge in [-0.1, -0.05) is 67.0 Å². The summed E-state index contributed by atoms with van der Waals surface area (Å²) in [5, 5.41) is -1.82. The van der Waals surface area contributed by atoms with Crippen LogP contribution < -0.4 is 21.9 Å². The molecular formula is C52H87N3O21S9. The lowest BCUT2D eigenvalue weighted by Gasteiger charge is -2.32. The van der Waals surface area contributed by atoms with Crippen molar-refractivity contribution in [1.29, 1.82) is 0 Å². The van der Waals surface area contributed by atoms with E-state index in [1.165, 1.54) is 0 Å². The van der Waals surface area contributed by atoms with Crippen molar-refractivity contribution >= 4 is 167 Å². The van der Waals surface area contributed by atoms with Crippen molar-refractivity contribution in [2.75, 3.05) is 52.9 Å². The average molecular weight is 1380 g/mol. The van der Waals surface area contributed by atoms with Gasteiger partial charge in [0.1, 0.15) is 45.1 Å². The SMILES string of the molecule is CC(S)CC(=O)OCC(COC(=O)CC(C)S)(COC(=O)CC(C)S)COC(=O)CC(C)S.CC(S)CC(=O)OCCCCOC(=O)CC(C)S.CC(S)CC(=O)OCCn1c(=O)n(CCOC(=O)CC(C)S)c(=O)n(OC(=O)CC(C)S)c1=O. The Morgan fingerprint density at radius 1 is 0.318 bits per heavy atom. The van der Waals surface area contributed by atoms with Crippen LogP contribution in [0.1, 0.15) is 133 Å². The van der Waals surface area contributed by atoms with Crippen molar-refractivity contribution in [3.8, 4) is 0 Å². The Bertz CT molecular complexity index is 2210. The molecule has 490 valence electrons. The van der Waals surface area contributed by atoms with E-state index in [0.717, 1.165) is 0 Å². The molecule has 0 radical (unpaired) electrons. The lowest BCUT2D eigenvalue weighted by molar-refractivity contribution is -0.171. The van der Waals surface area contributed by atoms with Crippen LogP contribution in [0.5, 0.6) is 0 Å². The van der Waals surface area contributed by atoms with Gasteiger partial charge in [-0.25, -0.2) is 28.3 Å². The van der Waals surface area contributed by atoms with Crippen LogP contribution in [0.15, 0.2) is 14.4 Å². The third kappa shape index (κ3) is 44.8. The van der Waals surface area contributed by atoms with Crippen molar-refractivity contribution in [2.24, 2.45) is 5.41 Å². The van der Waals surface area contributed by atoms with Crippen molar-refractivity contribution in [3.05, 3.63) is 31.5 Å². The molecule has 1 rings (SSSR count). The maximum Gasteiger partial charge on any atom is 0.370 e. The molecule has 0 aliphatic heterocycles. The Morgan fingerprint density at radius 3 is 0.741 bits per heavy atom. The van der Waals surface area contributed by atoms with Crippen molar-refractivity contribution in [1.82, 2.24) is 13.9 Å². The Hall–Kier alpha value is -3.21.